The highest BCUT2D eigenvalue weighted by molar-refractivity contribution is 7.80. The van der Waals surface area contributed by atoms with Crippen molar-refractivity contribution in [2.24, 2.45) is 5.73 Å². The molecule has 0 bridgehead atoms. The highest BCUT2D eigenvalue weighted by Gasteiger charge is 2.09. The quantitative estimate of drug-likeness (QED) is 0.842. The summed E-state index contributed by atoms with van der Waals surface area (Å²) >= 11 is 5.05. The maximum atomic E-state index is 5.71. The van der Waals surface area contributed by atoms with Gasteiger partial charge in [0.25, 0.3) is 0 Å². The molecule has 0 saturated carbocycles. The first-order chi connectivity index (χ1) is 8.18. The van der Waals surface area contributed by atoms with Crippen LogP contribution in [0.3, 0.4) is 0 Å². The molecule has 0 aliphatic rings. The van der Waals surface area contributed by atoms with Gasteiger partial charge in [-0.15, -0.1) is 0 Å². The number of thiocarbonyl (C=S) groups is 1. The van der Waals surface area contributed by atoms with Gasteiger partial charge in [-0.25, -0.2) is 0 Å². The van der Waals surface area contributed by atoms with Gasteiger partial charge in [-0.2, -0.15) is 0 Å². The minimum Gasteiger partial charge on any atom is -0.472 e. The molecule has 0 atom stereocenters. The Morgan fingerprint density at radius 1 is 1.35 bits per heavy atom. The highest BCUT2D eigenvalue weighted by atomic mass is 32.1. The summed E-state index contributed by atoms with van der Waals surface area (Å²) in [5.74, 6) is 0. The van der Waals surface area contributed by atoms with Crippen LogP contribution < -0.4 is 10.6 Å². The molecule has 88 valence electrons. The summed E-state index contributed by atoms with van der Waals surface area (Å²) in [6.07, 6.45) is 3.41. The number of anilines is 1. The Morgan fingerprint density at radius 2 is 2.12 bits per heavy atom. The van der Waals surface area contributed by atoms with Gasteiger partial charge in [-0.05, 0) is 18.2 Å². The van der Waals surface area contributed by atoms with Gasteiger partial charge in [0, 0.05) is 30.4 Å². The van der Waals surface area contributed by atoms with Gasteiger partial charge in [0.15, 0.2) is 0 Å². The molecule has 17 heavy (non-hydrogen) atoms. The lowest BCUT2D eigenvalue weighted by Gasteiger charge is -2.21. The van der Waals surface area contributed by atoms with Crippen LogP contribution in [0.4, 0.5) is 5.69 Å². The number of rotatable bonds is 4. The average molecular weight is 246 g/mol. The van der Waals surface area contributed by atoms with E-state index < -0.39 is 0 Å². The Morgan fingerprint density at radius 3 is 2.76 bits per heavy atom. The maximum absolute atomic E-state index is 5.71. The monoisotopic (exact) mass is 246 g/mol. The molecule has 0 fully saturated rings. The van der Waals surface area contributed by atoms with Gasteiger partial charge >= 0.3 is 0 Å². The van der Waals surface area contributed by atoms with E-state index in [1.807, 2.05) is 37.4 Å². The van der Waals surface area contributed by atoms with Crippen LogP contribution in [0.5, 0.6) is 0 Å². The second kappa shape index (κ2) is 5.01. The van der Waals surface area contributed by atoms with Gasteiger partial charge in [0.2, 0.25) is 0 Å². The molecule has 0 amide bonds. The number of hydrogen-bond acceptors (Lipinski definition) is 3. The van der Waals surface area contributed by atoms with Crippen LogP contribution in [-0.2, 0) is 6.54 Å². The molecule has 0 aliphatic heterocycles. The first-order valence-electron chi connectivity index (χ1n) is 5.29. The average Bonchev–Trinajstić information content (AvgIpc) is 2.81. The maximum Gasteiger partial charge on any atom is 0.106 e. The van der Waals surface area contributed by atoms with Crippen LogP contribution in [-0.4, -0.2) is 12.0 Å². The molecular weight excluding hydrogens is 232 g/mol. The van der Waals surface area contributed by atoms with Crippen molar-refractivity contribution in [2.45, 2.75) is 6.54 Å². The van der Waals surface area contributed by atoms with Gasteiger partial charge in [0.1, 0.15) is 4.99 Å². The number of nitrogens with zero attached hydrogens (tertiary/aromatic N) is 1. The zero-order valence-corrected chi connectivity index (χ0v) is 10.4. The molecule has 0 spiro atoms. The van der Waals surface area contributed by atoms with Crippen molar-refractivity contribution in [1.82, 2.24) is 0 Å². The molecule has 0 aliphatic carbocycles. The standard InChI is InChI=1S/C13H14N2OS/c1-15(8-10-6-7-16-9-10)12-5-3-2-4-11(12)13(14)17/h2-7,9H,8H2,1H3,(H2,14,17). The predicted molar refractivity (Wildman–Crippen MR) is 73.1 cm³/mol. The Kier molecular flexibility index (Phi) is 3.44. The van der Waals surface area contributed by atoms with Crippen molar-refractivity contribution in [2.75, 3.05) is 11.9 Å². The number of nitrogens with two attached hydrogens (primary N) is 1. The van der Waals surface area contributed by atoms with E-state index in [0.29, 0.717) is 4.99 Å². The Bertz CT molecular complexity index is 508. The Hall–Kier alpha value is -1.81. The van der Waals surface area contributed by atoms with Crippen LogP contribution in [0.15, 0.2) is 47.3 Å². The van der Waals surface area contributed by atoms with Crippen molar-refractivity contribution in [3.63, 3.8) is 0 Å². The zero-order chi connectivity index (χ0) is 12.3. The largest absolute Gasteiger partial charge is 0.472 e. The van der Waals surface area contributed by atoms with Crippen molar-refractivity contribution >= 4 is 22.9 Å². The Balaban J connectivity index is 2.24. The van der Waals surface area contributed by atoms with E-state index in [4.69, 9.17) is 22.4 Å². The third-order valence-electron chi connectivity index (χ3n) is 2.58. The van der Waals surface area contributed by atoms with Crippen LogP contribution >= 0.6 is 12.2 Å². The fourth-order valence-corrected chi connectivity index (χ4v) is 1.93. The SMILES string of the molecule is CN(Cc1ccoc1)c1ccccc1C(N)=S. The highest BCUT2D eigenvalue weighted by Crippen LogP contribution is 2.20. The minimum atomic E-state index is 0.416. The van der Waals surface area contributed by atoms with E-state index in [2.05, 4.69) is 4.90 Å². The molecule has 3 nitrogen and oxygen atoms in total. The lowest BCUT2D eigenvalue weighted by atomic mass is 10.1. The molecule has 0 saturated heterocycles. The first kappa shape index (κ1) is 11.7. The van der Waals surface area contributed by atoms with Gasteiger partial charge in [-0.3, -0.25) is 0 Å². The number of benzene rings is 1. The second-order valence-electron chi connectivity index (χ2n) is 3.87. The van der Waals surface area contributed by atoms with Crippen molar-refractivity contribution in [3.05, 3.63) is 54.0 Å². The number of furan rings is 1. The summed E-state index contributed by atoms with van der Waals surface area (Å²) in [6.45, 7) is 0.760. The van der Waals surface area contributed by atoms with E-state index in [0.717, 1.165) is 23.4 Å². The third-order valence-corrected chi connectivity index (χ3v) is 2.80. The van der Waals surface area contributed by atoms with Gasteiger partial charge < -0.3 is 15.1 Å². The van der Waals surface area contributed by atoms with Crippen molar-refractivity contribution in [3.8, 4) is 0 Å². The normalized spacial score (nSPS) is 10.2. The van der Waals surface area contributed by atoms with E-state index >= 15 is 0 Å². The minimum absolute atomic E-state index is 0.416. The fourth-order valence-electron chi connectivity index (χ4n) is 1.76. The predicted octanol–water partition coefficient (Wildman–Crippen LogP) is 2.55. The molecular formula is C13H14N2OS. The summed E-state index contributed by atoms with van der Waals surface area (Å²) in [4.78, 5) is 2.51. The lowest BCUT2D eigenvalue weighted by Crippen LogP contribution is -2.21. The smallest absolute Gasteiger partial charge is 0.106 e. The van der Waals surface area contributed by atoms with E-state index in [1.165, 1.54) is 0 Å². The van der Waals surface area contributed by atoms with Crippen LogP contribution in [0.2, 0.25) is 0 Å². The van der Waals surface area contributed by atoms with E-state index in [-0.39, 0.29) is 0 Å². The molecule has 4 heteroatoms. The number of para-hydroxylation sites is 1. The molecule has 2 aromatic rings. The first-order valence-corrected chi connectivity index (χ1v) is 5.70. The van der Waals surface area contributed by atoms with Gasteiger partial charge in [-0.1, -0.05) is 24.4 Å². The molecule has 2 N–H and O–H groups in total. The van der Waals surface area contributed by atoms with Crippen LogP contribution in [0, 0.1) is 0 Å². The molecule has 1 aromatic heterocycles. The Labute approximate surface area is 106 Å². The summed E-state index contributed by atoms with van der Waals surface area (Å²) in [5.41, 5.74) is 8.75. The van der Waals surface area contributed by atoms with E-state index in [1.54, 1.807) is 12.5 Å². The zero-order valence-electron chi connectivity index (χ0n) is 9.59. The topological polar surface area (TPSA) is 42.4 Å². The lowest BCUT2D eigenvalue weighted by molar-refractivity contribution is 0.563. The molecule has 1 aromatic carbocycles. The number of hydrogen-bond donors (Lipinski definition) is 1. The second-order valence-corrected chi connectivity index (χ2v) is 4.31. The summed E-state index contributed by atoms with van der Waals surface area (Å²) in [5, 5.41) is 0. The van der Waals surface area contributed by atoms with Gasteiger partial charge in [0.05, 0.1) is 12.5 Å². The third kappa shape index (κ3) is 2.65. The molecule has 1 heterocycles. The summed E-state index contributed by atoms with van der Waals surface area (Å²) in [6, 6.07) is 9.80. The van der Waals surface area contributed by atoms with E-state index in [9.17, 15) is 0 Å². The molecule has 2 rings (SSSR count). The molecule has 0 unspecified atom stereocenters. The van der Waals surface area contributed by atoms with Crippen molar-refractivity contribution < 1.29 is 4.42 Å². The summed E-state index contributed by atoms with van der Waals surface area (Å²) in [7, 11) is 2.00. The summed E-state index contributed by atoms with van der Waals surface area (Å²) < 4.78 is 5.05. The van der Waals surface area contributed by atoms with Crippen molar-refractivity contribution in [1.29, 1.82) is 0 Å². The molecule has 0 radical (unpaired) electrons. The van der Waals surface area contributed by atoms with Crippen LogP contribution in [0.1, 0.15) is 11.1 Å². The fraction of sp³-hybridized carbons (Fsp3) is 0.154. The van der Waals surface area contributed by atoms with Crippen LogP contribution in [0.25, 0.3) is 0 Å².